The quantitative estimate of drug-likeness (QED) is 0.170. The van der Waals surface area contributed by atoms with Gasteiger partial charge in [0.15, 0.2) is 0 Å². The minimum absolute atomic E-state index is 0.876. The fourth-order valence-electron chi connectivity index (χ4n) is 7.98. The molecule has 13 aromatic rings. The van der Waals surface area contributed by atoms with E-state index in [1.54, 1.807) is 29.9 Å². The lowest BCUT2D eigenvalue weighted by molar-refractivity contribution is 1.20. The number of benzene rings is 6. The van der Waals surface area contributed by atoms with E-state index in [4.69, 9.17) is 0 Å². The number of aromatic nitrogens is 7. The van der Waals surface area contributed by atoms with Crippen molar-refractivity contribution >= 4 is 44.0 Å². The van der Waals surface area contributed by atoms with Crippen molar-refractivity contribution in [3.8, 4) is 22.8 Å². The van der Waals surface area contributed by atoms with Gasteiger partial charge in [-0.15, -0.1) is 11.3 Å². The molecule has 0 aliphatic heterocycles. The first-order chi connectivity index (χ1) is 39.7. The Bertz CT molecular complexity index is 3730. The third-order valence-electron chi connectivity index (χ3n) is 12.6. The van der Waals surface area contributed by atoms with Crippen LogP contribution in [0.25, 0.3) is 55.5 Å². The van der Waals surface area contributed by atoms with Crippen LogP contribution in [0.4, 0.5) is 0 Å². The van der Waals surface area contributed by atoms with E-state index in [0.29, 0.717) is 0 Å². The summed E-state index contributed by atoms with van der Waals surface area (Å²) in [5.41, 5.74) is 19.6. The van der Waals surface area contributed by atoms with Gasteiger partial charge < -0.3 is 0 Å². The van der Waals surface area contributed by atoms with Crippen LogP contribution in [0.15, 0.2) is 255 Å². The number of hydrogen-bond donors (Lipinski definition) is 0. The van der Waals surface area contributed by atoms with Gasteiger partial charge in [0.1, 0.15) is 0 Å². The third kappa shape index (κ3) is 21.7. The molecule has 0 spiro atoms. The van der Waals surface area contributed by atoms with Crippen molar-refractivity contribution in [3.05, 3.63) is 316 Å². The topological polar surface area (TPSA) is 90.2 Å². The average Bonchev–Trinajstić information content (AvgIpc) is 4.00. The molecule has 0 aliphatic rings. The van der Waals surface area contributed by atoms with Crippen LogP contribution in [-0.4, -0.2) is 34.9 Å². The Morgan fingerprint density at radius 3 is 1.29 bits per heavy atom. The largest absolute Gasteiger partial charge is 0.256 e. The summed E-state index contributed by atoms with van der Waals surface area (Å²) in [6.07, 6.45) is 9.00. The molecular formula is C74H75N7S. The van der Waals surface area contributed by atoms with Crippen molar-refractivity contribution in [2.75, 3.05) is 0 Å². The Balaban J connectivity index is 0.000000155. The molecule has 13 rings (SSSR count). The van der Waals surface area contributed by atoms with Crippen LogP contribution < -0.4 is 0 Å². The molecule has 0 fully saturated rings. The summed E-state index contributed by atoms with van der Waals surface area (Å²) in [6.45, 7) is 22.9. The van der Waals surface area contributed by atoms with E-state index in [-0.39, 0.29) is 0 Å². The number of para-hydroxylation sites is 1. The molecule has 82 heavy (non-hydrogen) atoms. The zero-order valence-corrected chi connectivity index (χ0v) is 50.1. The van der Waals surface area contributed by atoms with Gasteiger partial charge in [-0.25, -0.2) is 4.98 Å². The van der Waals surface area contributed by atoms with Crippen LogP contribution in [0, 0.1) is 76.2 Å². The number of hydrogen-bond acceptors (Lipinski definition) is 8. The second-order valence-electron chi connectivity index (χ2n) is 19.8. The van der Waals surface area contributed by atoms with Crippen molar-refractivity contribution in [2.24, 2.45) is 0 Å². The highest BCUT2D eigenvalue weighted by atomic mass is 32.1. The summed E-state index contributed by atoms with van der Waals surface area (Å²) in [5, 5.41) is 6.77. The van der Waals surface area contributed by atoms with Gasteiger partial charge in [0, 0.05) is 58.2 Å². The van der Waals surface area contributed by atoms with Gasteiger partial charge in [0.05, 0.1) is 44.3 Å². The number of aryl methyl sites for hydroxylation is 11. The maximum absolute atomic E-state index is 4.65. The first-order valence-corrected chi connectivity index (χ1v) is 28.3. The fourth-order valence-corrected chi connectivity index (χ4v) is 8.42. The van der Waals surface area contributed by atoms with Crippen molar-refractivity contribution < 1.29 is 0 Å². The summed E-state index contributed by atoms with van der Waals surface area (Å²) < 4.78 is 0. The van der Waals surface area contributed by atoms with E-state index in [1.165, 1.54) is 60.7 Å². The first kappa shape index (κ1) is 61.8. The van der Waals surface area contributed by atoms with E-state index >= 15 is 0 Å². The molecule has 0 saturated carbocycles. The Hall–Kier alpha value is -9.37. The van der Waals surface area contributed by atoms with E-state index < -0.39 is 0 Å². The predicted molar refractivity (Wildman–Crippen MR) is 349 cm³/mol. The summed E-state index contributed by atoms with van der Waals surface area (Å²) in [6, 6.07) is 73.8. The number of pyridine rings is 6. The number of nitrogens with zero attached hydrogens (tertiary/aromatic N) is 7. The molecule has 0 amide bonds. The lowest BCUT2D eigenvalue weighted by Gasteiger charge is -2.06. The van der Waals surface area contributed by atoms with Crippen molar-refractivity contribution in [3.63, 3.8) is 0 Å². The number of fused-ring (bicyclic) bond motifs is 3. The molecule has 8 heteroatoms. The second-order valence-corrected chi connectivity index (χ2v) is 20.9. The first-order valence-electron chi connectivity index (χ1n) is 27.4. The molecular weight excluding hydrogens is 1020 g/mol. The third-order valence-corrected chi connectivity index (χ3v) is 13.3. The molecule has 0 bridgehead atoms. The zero-order chi connectivity index (χ0) is 58.5. The number of rotatable bonds is 2. The summed E-state index contributed by atoms with van der Waals surface area (Å²) in [7, 11) is 0. The van der Waals surface area contributed by atoms with Crippen molar-refractivity contribution in [1.29, 1.82) is 0 Å². The van der Waals surface area contributed by atoms with Gasteiger partial charge in [0.25, 0.3) is 0 Å². The lowest BCUT2D eigenvalue weighted by atomic mass is 10.1. The van der Waals surface area contributed by atoms with Gasteiger partial charge in [0.2, 0.25) is 0 Å². The van der Waals surface area contributed by atoms with E-state index in [1.807, 2.05) is 135 Å². The molecule has 0 unspecified atom stereocenters. The van der Waals surface area contributed by atoms with Crippen LogP contribution in [0.1, 0.15) is 60.8 Å². The standard InChI is InChI=1S/C16H13N3.3C10H9N.3C8H10.C4H5NS/c1-12-10-15(13-6-2-4-8-17-13)19-16(11-12)14-7-3-5-9-18-14;1-8-4-2-6-10-9(8)5-3-7-11-10;1-8-4-5-10-9(7-8)3-2-6-11-10;1-8-6-7-9-4-2-3-5-10(9)11-8;1-7-3-5-8(2)6-4-7;1-7-4-3-5-8(2)6-7;1-7-5-3-4-6-8(7)2;1-4-5-2-3-6-4/h2-11H,1H3;3*2-7H,1H3;3*3-6H,1-2H3;2-3H,1H3. The normalized spacial score (nSPS) is 9.89. The molecule has 0 atom stereocenters. The molecule has 0 aliphatic carbocycles. The summed E-state index contributed by atoms with van der Waals surface area (Å²) >= 11 is 1.67. The Kier molecular flexibility index (Phi) is 25.1. The monoisotopic (exact) mass is 1090 g/mol. The Morgan fingerprint density at radius 2 is 0.768 bits per heavy atom. The van der Waals surface area contributed by atoms with Gasteiger partial charge in [-0.1, -0.05) is 167 Å². The smallest absolute Gasteiger partial charge is 0.0896 e. The van der Waals surface area contributed by atoms with Crippen LogP contribution in [0.2, 0.25) is 0 Å². The highest BCUT2D eigenvalue weighted by Crippen LogP contribution is 2.22. The van der Waals surface area contributed by atoms with Crippen LogP contribution >= 0.6 is 11.3 Å². The molecule has 7 aromatic heterocycles. The Labute approximate surface area is 490 Å². The minimum atomic E-state index is 0.876. The number of thiazole rings is 1. The SMILES string of the molecule is Cc1cc(-c2ccccn2)nc(-c2ccccn2)c1.Cc1ccc(C)cc1.Cc1ccc2ccccc2n1.Cc1ccc2ncccc2c1.Cc1cccc(C)c1.Cc1cccc2ncccc12.Cc1ccccc1C.Cc1nccs1. The molecule has 7 nitrogen and oxygen atoms in total. The van der Waals surface area contributed by atoms with E-state index in [2.05, 4.69) is 212 Å². The highest BCUT2D eigenvalue weighted by molar-refractivity contribution is 7.09. The fraction of sp³-hybridized carbons (Fsp3) is 0.149. The highest BCUT2D eigenvalue weighted by Gasteiger charge is 2.07. The van der Waals surface area contributed by atoms with E-state index in [0.717, 1.165) is 55.6 Å². The summed E-state index contributed by atoms with van der Waals surface area (Å²) in [4.78, 5) is 30.1. The Morgan fingerprint density at radius 1 is 0.268 bits per heavy atom. The van der Waals surface area contributed by atoms with Gasteiger partial charge >= 0.3 is 0 Å². The lowest BCUT2D eigenvalue weighted by Crippen LogP contribution is -1.93. The van der Waals surface area contributed by atoms with Crippen LogP contribution in [-0.2, 0) is 0 Å². The second kappa shape index (κ2) is 33.3. The molecule has 0 N–H and O–H groups in total. The van der Waals surface area contributed by atoms with Gasteiger partial charge in [-0.05, 0) is 177 Å². The maximum Gasteiger partial charge on any atom is 0.0896 e. The molecule has 0 saturated heterocycles. The molecule has 412 valence electrons. The summed E-state index contributed by atoms with van der Waals surface area (Å²) in [5.74, 6) is 0. The molecule has 0 radical (unpaired) electrons. The average molecular weight is 1090 g/mol. The zero-order valence-electron chi connectivity index (χ0n) is 49.3. The van der Waals surface area contributed by atoms with Crippen LogP contribution in [0.5, 0.6) is 0 Å². The molecule has 6 aromatic carbocycles. The van der Waals surface area contributed by atoms with E-state index in [9.17, 15) is 0 Å². The van der Waals surface area contributed by atoms with Crippen molar-refractivity contribution in [1.82, 2.24) is 34.9 Å². The van der Waals surface area contributed by atoms with Crippen molar-refractivity contribution in [2.45, 2.75) is 76.2 Å². The van der Waals surface area contributed by atoms with Gasteiger partial charge in [-0.2, -0.15) is 0 Å². The molecule has 7 heterocycles. The minimum Gasteiger partial charge on any atom is -0.256 e. The maximum atomic E-state index is 4.65. The van der Waals surface area contributed by atoms with Crippen LogP contribution in [0.3, 0.4) is 0 Å². The predicted octanol–water partition coefficient (Wildman–Crippen LogP) is 19.5. The van der Waals surface area contributed by atoms with Gasteiger partial charge in [-0.3, -0.25) is 29.9 Å².